The molecule has 2 heterocycles. The zero-order chi connectivity index (χ0) is 29.3. The van der Waals surface area contributed by atoms with Gasteiger partial charge in [-0.05, 0) is 67.4 Å². The first-order valence-corrected chi connectivity index (χ1v) is 15.0. The zero-order valence-electron chi connectivity index (χ0n) is 21.5. The SMILES string of the molecule is COc1c(F)ccc(C(=O)Nc2ccc3nc(NC(=O)C4CCCN(S(=O)(=O)c5ccc(Cl)cc5)C4)sc3c2)c1F. The molecule has 1 atom stereocenters. The van der Waals surface area contributed by atoms with Gasteiger partial charge < -0.3 is 15.4 Å². The molecular weight excluding hydrogens is 598 g/mol. The van der Waals surface area contributed by atoms with E-state index in [1.54, 1.807) is 18.2 Å². The van der Waals surface area contributed by atoms with Crippen LogP contribution in [-0.2, 0) is 14.8 Å². The van der Waals surface area contributed by atoms with Crippen molar-refractivity contribution in [2.24, 2.45) is 5.92 Å². The summed E-state index contributed by atoms with van der Waals surface area (Å²) in [5.41, 5.74) is 0.496. The molecule has 2 amide bonds. The number of amides is 2. The number of hydrogen-bond donors (Lipinski definition) is 2. The third-order valence-electron chi connectivity index (χ3n) is 6.58. The topological polar surface area (TPSA) is 118 Å². The van der Waals surface area contributed by atoms with Crippen molar-refractivity contribution in [1.82, 2.24) is 9.29 Å². The van der Waals surface area contributed by atoms with Crippen LogP contribution in [0.1, 0.15) is 23.2 Å². The molecule has 1 unspecified atom stereocenters. The van der Waals surface area contributed by atoms with Crippen LogP contribution in [-0.4, -0.2) is 49.7 Å². The first-order valence-electron chi connectivity index (χ1n) is 12.4. The number of rotatable bonds is 7. The number of piperidine rings is 1. The average Bonchev–Trinajstić information content (AvgIpc) is 3.35. The normalized spacial score (nSPS) is 16.0. The summed E-state index contributed by atoms with van der Waals surface area (Å²) in [5, 5.41) is 6.07. The van der Waals surface area contributed by atoms with Gasteiger partial charge >= 0.3 is 0 Å². The van der Waals surface area contributed by atoms with E-state index in [1.807, 2.05) is 0 Å². The Kier molecular flexibility index (Phi) is 8.23. The summed E-state index contributed by atoms with van der Waals surface area (Å²) in [6, 6.07) is 12.6. The third kappa shape index (κ3) is 6.03. The predicted molar refractivity (Wildman–Crippen MR) is 152 cm³/mol. The Hall–Kier alpha value is -3.65. The van der Waals surface area contributed by atoms with Crippen LogP contribution in [0.25, 0.3) is 10.2 Å². The van der Waals surface area contributed by atoms with Crippen molar-refractivity contribution >= 4 is 65.8 Å². The molecule has 1 aromatic heterocycles. The van der Waals surface area contributed by atoms with E-state index >= 15 is 0 Å². The molecule has 3 aromatic carbocycles. The Labute approximate surface area is 243 Å². The number of halogens is 3. The highest BCUT2D eigenvalue weighted by molar-refractivity contribution is 7.89. The Balaban J connectivity index is 1.27. The number of nitrogens with one attached hydrogen (secondary N) is 2. The number of sulfonamides is 1. The van der Waals surface area contributed by atoms with Crippen LogP contribution < -0.4 is 15.4 Å². The van der Waals surface area contributed by atoms with Crippen LogP contribution in [0.3, 0.4) is 0 Å². The molecular formula is C27H23ClF2N4O5S2. The molecule has 14 heteroatoms. The molecule has 1 aliphatic rings. The van der Waals surface area contributed by atoms with Gasteiger partial charge in [0.15, 0.2) is 22.5 Å². The Morgan fingerprint density at radius 1 is 1.10 bits per heavy atom. The molecule has 1 fully saturated rings. The van der Waals surface area contributed by atoms with Gasteiger partial charge in [-0.2, -0.15) is 4.31 Å². The molecule has 2 N–H and O–H groups in total. The predicted octanol–water partition coefficient (Wildman–Crippen LogP) is 5.53. The number of thiazole rings is 1. The maximum Gasteiger partial charge on any atom is 0.258 e. The average molecular weight is 621 g/mol. The van der Waals surface area contributed by atoms with E-state index in [-0.39, 0.29) is 22.9 Å². The van der Waals surface area contributed by atoms with Gasteiger partial charge in [0.05, 0.1) is 33.7 Å². The van der Waals surface area contributed by atoms with Crippen LogP contribution in [0.5, 0.6) is 5.75 Å². The van der Waals surface area contributed by atoms with Gasteiger partial charge in [0.1, 0.15) is 0 Å². The van der Waals surface area contributed by atoms with E-state index < -0.39 is 39.2 Å². The van der Waals surface area contributed by atoms with Gasteiger partial charge in [-0.25, -0.2) is 22.2 Å². The summed E-state index contributed by atoms with van der Waals surface area (Å²) < 4.78 is 61.0. The van der Waals surface area contributed by atoms with Crippen molar-refractivity contribution in [3.63, 3.8) is 0 Å². The summed E-state index contributed by atoms with van der Waals surface area (Å²) >= 11 is 7.04. The second-order valence-electron chi connectivity index (χ2n) is 9.24. The van der Waals surface area contributed by atoms with Crippen LogP contribution in [0.15, 0.2) is 59.5 Å². The Morgan fingerprint density at radius 2 is 1.85 bits per heavy atom. The van der Waals surface area contributed by atoms with Crippen LogP contribution >= 0.6 is 22.9 Å². The molecule has 9 nitrogen and oxygen atoms in total. The van der Waals surface area contributed by atoms with Crippen LogP contribution in [0, 0.1) is 17.6 Å². The highest BCUT2D eigenvalue weighted by Crippen LogP contribution is 2.31. The van der Waals surface area contributed by atoms with E-state index in [9.17, 15) is 26.8 Å². The third-order valence-corrected chi connectivity index (χ3v) is 9.65. The van der Waals surface area contributed by atoms with Crippen molar-refractivity contribution in [2.75, 3.05) is 30.8 Å². The molecule has 41 heavy (non-hydrogen) atoms. The molecule has 0 spiro atoms. The zero-order valence-corrected chi connectivity index (χ0v) is 23.9. The summed E-state index contributed by atoms with van der Waals surface area (Å²) in [6.45, 7) is 0.335. The van der Waals surface area contributed by atoms with Crippen molar-refractivity contribution in [3.05, 3.63) is 76.8 Å². The Morgan fingerprint density at radius 3 is 2.59 bits per heavy atom. The molecule has 1 saturated heterocycles. The van der Waals surface area contributed by atoms with Gasteiger partial charge in [-0.15, -0.1) is 0 Å². The lowest BCUT2D eigenvalue weighted by Gasteiger charge is -2.31. The van der Waals surface area contributed by atoms with Gasteiger partial charge in [0.2, 0.25) is 15.9 Å². The monoisotopic (exact) mass is 620 g/mol. The minimum atomic E-state index is -3.78. The van der Waals surface area contributed by atoms with Gasteiger partial charge in [0.25, 0.3) is 5.91 Å². The Bertz CT molecular complexity index is 1750. The summed E-state index contributed by atoms with van der Waals surface area (Å²) in [6.07, 6.45) is 1.04. The van der Waals surface area contributed by atoms with Crippen molar-refractivity contribution in [3.8, 4) is 5.75 Å². The van der Waals surface area contributed by atoms with E-state index in [1.165, 1.54) is 28.6 Å². The molecule has 0 bridgehead atoms. The molecule has 0 saturated carbocycles. The number of nitrogens with zero attached hydrogens (tertiary/aromatic N) is 2. The summed E-state index contributed by atoms with van der Waals surface area (Å²) in [5.74, 6) is -4.42. The van der Waals surface area contributed by atoms with Crippen molar-refractivity contribution in [1.29, 1.82) is 0 Å². The minimum absolute atomic E-state index is 0.0304. The first kappa shape index (κ1) is 28.9. The largest absolute Gasteiger partial charge is 0.491 e. The number of benzene rings is 3. The molecule has 1 aliphatic heterocycles. The summed E-state index contributed by atoms with van der Waals surface area (Å²) in [4.78, 5) is 30.2. The number of carbonyl (C=O) groups excluding carboxylic acids is 2. The van der Waals surface area contributed by atoms with E-state index in [0.717, 1.165) is 30.6 Å². The van der Waals surface area contributed by atoms with Crippen LogP contribution in [0.4, 0.5) is 19.6 Å². The number of anilines is 2. The smallest absolute Gasteiger partial charge is 0.258 e. The lowest BCUT2D eigenvalue weighted by Crippen LogP contribution is -2.43. The molecule has 214 valence electrons. The van der Waals surface area contributed by atoms with Crippen molar-refractivity contribution < 1.29 is 31.5 Å². The fourth-order valence-electron chi connectivity index (χ4n) is 4.49. The number of carbonyl (C=O) groups is 2. The summed E-state index contributed by atoms with van der Waals surface area (Å²) in [7, 11) is -2.68. The fourth-order valence-corrected chi connectivity index (χ4v) is 7.04. The van der Waals surface area contributed by atoms with E-state index in [0.29, 0.717) is 45.4 Å². The highest BCUT2D eigenvalue weighted by Gasteiger charge is 2.33. The first-order chi connectivity index (χ1) is 19.6. The molecule has 4 aromatic rings. The quantitative estimate of drug-likeness (QED) is 0.281. The van der Waals surface area contributed by atoms with Crippen LogP contribution in [0.2, 0.25) is 5.02 Å². The second-order valence-corrected chi connectivity index (χ2v) is 12.6. The number of aromatic nitrogens is 1. The molecule has 5 rings (SSSR count). The van der Waals surface area contributed by atoms with Gasteiger partial charge in [-0.3, -0.25) is 9.59 Å². The number of hydrogen-bond acceptors (Lipinski definition) is 7. The minimum Gasteiger partial charge on any atom is -0.491 e. The van der Waals surface area contributed by atoms with Crippen molar-refractivity contribution in [2.45, 2.75) is 17.7 Å². The van der Waals surface area contributed by atoms with E-state index in [4.69, 9.17) is 16.3 Å². The lowest BCUT2D eigenvalue weighted by molar-refractivity contribution is -0.120. The maximum atomic E-state index is 14.5. The lowest BCUT2D eigenvalue weighted by atomic mass is 9.99. The highest BCUT2D eigenvalue weighted by atomic mass is 35.5. The maximum absolute atomic E-state index is 14.5. The van der Waals surface area contributed by atoms with E-state index in [2.05, 4.69) is 15.6 Å². The molecule has 0 aliphatic carbocycles. The number of ether oxygens (including phenoxy) is 1. The second kappa shape index (κ2) is 11.7. The van der Waals surface area contributed by atoms with Gasteiger partial charge in [0, 0.05) is 23.8 Å². The number of fused-ring (bicyclic) bond motifs is 1. The number of methoxy groups -OCH3 is 1. The molecule has 0 radical (unpaired) electrons. The fraction of sp³-hybridized carbons (Fsp3) is 0.222. The van der Waals surface area contributed by atoms with Gasteiger partial charge in [-0.1, -0.05) is 22.9 Å². The standard InChI is InChI=1S/C27H23ClF2N4O5S2/c1-39-24-20(29)10-9-19(23(24)30)26(36)31-17-6-11-21-22(13-17)40-27(32-21)33-25(35)15-3-2-12-34(14-15)41(37,38)18-7-4-16(28)5-8-18/h4-11,13,15H,2-3,12,14H2,1H3,(H,31,36)(H,32,33,35).